The van der Waals surface area contributed by atoms with E-state index in [9.17, 15) is 14.9 Å². The lowest BCUT2D eigenvalue weighted by molar-refractivity contribution is -0.385. The van der Waals surface area contributed by atoms with E-state index in [1.54, 1.807) is 26.0 Å². The van der Waals surface area contributed by atoms with Crippen LogP contribution in [0.4, 0.5) is 5.69 Å². The molecule has 0 aromatic heterocycles. The van der Waals surface area contributed by atoms with Crippen LogP contribution in [0.15, 0.2) is 18.2 Å². The molecule has 0 heterocycles. The fourth-order valence-corrected chi connectivity index (χ4v) is 1.83. The summed E-state index contributed by atoms with van der Waals surface area (Å²) in [5.74, 6) is -0.248. The van der Waals surface area contributed by atoms with Gasteiger partial charge in [-0.3, -0.25) is 14.9 Å². The van der Waals surface area contributed by atoms with Gasteiger partial charge < -0.3 is 10.1 Å². The number of hydrogen-bond donors (Lipinski definition) is 1. The second-order valence-electron chi connectivity index (χ2n) is 4.53. The molecule has 1 rings (SSSR count). The van der Waals surface area contributed by atoms with Crippen LogP contribution in [0.25, 0.3) is 0 Å². The van der Waals surface area contributed by atoms with Gasteiger partial charge in [-0.2, -0.15) is 0 Å². The van der Waals surface area contributed by atoms with Gasteiger partial charge in [0.15, 0.2) is 0 Å². The van der Waals surface area contributed by atoms with Crippen LogP contribution in [0.1, 0.15) is 37.4 Å². The summed E-state index contributed by atoms with van der Waals surface area (Å²) in [5, 5.41) is 14.0. The molecule has 0 radical (unpaired) electrons. The number of nitrogens with one attached hydrogen (secondary N) is 1. The second-order valence-corrected chi connectivity index (χ2v) is 4.53. The number of esters is 1. The smallest absolute Gasteiger partial charge is 0.307 e. The van der Waals surface area contributed by atoms with Crippen molar-refractivity contribution in [2.75, 3.05) is 13.2 Å². The lowest BCUT2D eigenvalue weighted by atomic mass is 10.0. The highest BCUT2D eigenvalue weighted by Crippen LogP contribution is 2.23. The van der Waals surface area contributed by atoms with Crippen LogP contribution in [-0.4, -0.2) is 24.0 Å². The molecular weight excluding hydrogens is 260 g/mol. The third-order valence-electron chi connectivity index (χ3n) is 3.01. The Morgan fingerprint density at radius 2 is 2.20 bits per heavy atom. The molecule has 0 aliphatic rings. The summed E-state index contributed by atoms with van der Waals surface area (Å²) in [6, 6.07) is 5.09. The van der Waals surface area contributed by atoms with E-state index in [0.29, 0.717) is 18.7 Å². The third kappa shape index (κ3) is 4.62. The van der Waals surface area contributed by atoms with Gasteiger partial charge in [-0.25, -0.2) is 0 Å². The molecule has 0 saturated heterocycles. The van der Waals surface area contributed by atoms with Crippen molar-refractivity contribution < 1.29 is 14.5 Å². The number of nitro benzene ring substituents is 1. The van der Waals surface area contributed by atoms with Gasteiger partial charge in [0.25, 0.3) is 5.69 Å². The third-order valence-corrected chi connectivity index (χ3v) is 3.01. The predicted molar refractivity (Wildman–Crippen MR) is 75.5 cm³/mol. The summed E-state index contributed by atoms with van der Waals surface area (Å²) < 4.78 is 4.83. The number of benzene rings is 1. The minimum absolute atomic E-state index is 0.0660. The van der Waals surface area contributed by atoms with E-state index in [1.807, 2.05) is 13.0 Å². The average molecular weight is 280 g/mol. The first-order valence-corrected chi connectivity index (χ1v) is 6.59. The van der Waals surface area contributed by atoms with E-state index in [4.69, 9.17) is 4.74 Å². The quantitative estimate of drug-likeness (QED) is 0.471. The highest BCUT2D eigenvalue weighted by Gasteiger charge is 2.14. The minimum atomic E-state index is -0.385. The van der Waals surface area contributed by atoms with E-state index >= 15 is 0 Å². The summed E-state index contributed by atoms with van der Waals surface area (Å²) >= 11 is 0. The van der Waals surface area contributed by atoms with Crippen molar-refractivity contribution in [3.05, 3.63) is 39.4 Å². The SMILES string of the molecule is CCOC(=O)CCNC(C)c1ccc(C)c([N+](=O)[O-])c1. The number of aryl methyl sites for hydroxylation is 1. The van der Waals surface area contributed by atoms with Crippen LogP contribution in [-0.2, 0) is 9.53 Å². The van der Waals surface area contributed by atoms with Crippen LogP contribution < -0.4 is 5.32 Å². The molecule has 1 N–H and O–H groups in total. The van der Waals surface area contributed by atoms with E-state index in [-0.39, 0.29) is 29.0 Å². The van der Waals surface area contributed by atoms with Crippen molar-refractivity contribution in [1.29, 1.82) is 0 Å². The summed E-state index contributed by atoms with van der Waals surface area (Å²) in [4.78, 5) is 21.7. The fraction of sp³-hybridized carbons (Fsp3) is 0.500. The monoisotopic (exact) mass is 280 g/mol. The zero-order valence-corrected chi connectivity index (χ0v) is 12.0. The largest absolute Gasteiger partial charge is 0.466 e. The van der Waals surface area contributed by atoms with Crippen molar-refractivity contribution in [1.82, 2.24) is 5.32 Å². The maximum atomic E-state index is 11.2. The average Bonchev–Trinajstić information content (AvgIpc) is 2.39. The van der Waals surface area contributed by atoms with Crippen molar-refractivity contribution >= 4 is 11.7 Å². The minimum Gasteiger partial charge on any atom is -0.466 e. The number of nitrogens with zero attached hydrogens (tertiary/aromatic N) is 1. The number of rotatable bonds is 7. The van der Waals surface area contributed by atoms with Crippen molar-refractivity contribution in [2.24, 2.45) is 0 Å². The first kappa shape index (κ1) is 16.1. The van der Waals surface area contributed by atoms with Gasteiger partial charge in [-0.15, -0.1) is 0 Å². The van der Waals surface area contributed by atoms with Gasteiger partial charge in [0.2, 0.25) is 0 Å². The van der Waals surface area contributed by atoms with Crippen molar-refractivity contribution in [2.45, 2.75) is 33.2 Å². The molecule has 0 fully saturated rings. The van der Waals surface area contributed by atoms with Crippen molar-refractivity contribution in [3.8, 4) is 0 Å². The number of ether oxygens (including phenoxy) is 1. The molecule has 0 saturated carbocycles. The maximum absolute atomic E-state index is 11.2. The molecule has 1 unspecified atom stereocenters. The Kier molecular flexibility index (Phi) is 6.11. The van der Waals surface area contributed by atoms with Crippen LogP contribution in [0.2, 0.25) is 0 Å². The molecular formula is C14H20N2O4. The zero-order valence-electron chi connectivity index (χ0n) is 12.0. The highest BCUT2D eigenvalue weighted by molar-refractivity contribution is 5.69. The Labute approximate surface area is 118 Å². The Morgan fingerprint density at radius 1 is 1.50 bits per heavy atom. The lowest BCUT2D eigenvalue weighted by Gasteiger charge is -2.14. The van der Waals surface area contributed by atoms with Gasteiger partial charge in [-0.05, 0) is 26.3 Å². The molecule has 0 aliphatic carbocycles. The topological polar surface area (TPSA) is 81.5 Å². The first-order chi connectivity index (χ1) is 9.45. The Morgan fingerprint density at radius 3 is 2.80 bits per heavy atom. The molecule has 1 aromatic carbocycles. The highest BCUT2D eigenvalue weighted by atomic mass is 16.6. The standard InChI is InChI=1S/C14H20N2O4/c1-4-20-14(17)7-8-15-11(3)12-6-5-10(2)13(9-12)16(18)19/h5-6,9,11,15H,4,7-8H2,1-3H3. The van der Waals surface area contributed by atoms with Gasteiger partial charge in [0, 0.05) is 24.2 Å². The molecule has 0 bridgehead atoms. The molecule has 0 aliphatic heterocycles. The Hall–Kier alpha value is -1.95. The normalized spacial score (nSPS) is 11.9. The van der Waals surface area contributed by atoms with Crippen LogP contribution in [0.5, 0.6) is 0 Å². The number of hydrogen-bond acceptors (Lipinski definition) is 5. The molecule has 0 amide bonds. The van der Waals surface area contributed by atoms with E-state index < -0.39 is 0 Å². The number of carbonyl (C=O) groups excluding carboxylic acids is 1. The van der Waals surface area contributed by atoms with E-state index in [0.717, 1.165) is 5.56 Å². The molecule has 20 heavy (non-hydrogen) atoms. The molecule has 6 heteroatoms. The Balaban J connectivity index is 2.59. The summed E-state index contributed by atoms with van der Waals surface area (Å²) in [5.41, 5.74) is 1.57. The zero-order chi connectivity index (χ0) is 15.1. The van der Waals surface area contributed by atoms with E-state index in [2.05, 4.69) is 5.32 Å². The van der Waals surface area contributed by atoms with Gasteiger partial charge in [0.05, 0.1) is 18.0 Å². The fourth-order valence-electron chi connectivity index (χ4n) is 1.83. The summed E-state index contributed by atoms with van der Waals surface area (Å²) in [6.07, 6.45) is 0.284. The molecule has 1 atom stereocenters. The summed E-state index contributed by atoms with van der Waals surface area (Å²) in [6.45, 7) is 6.22. The second kappa shape index (κ2) is 7.59. The van der Waals surface area contributed by atoms with Gasteiger partial charge in [0.1, 0.15) is 0 Å². The van der Waals surface area contributed by atoms with E-state index in [1.165, 1.54) is 0 Å². The first-order valence-electron chi connectivity index (χ1n) is 6.59. The lowest BCUT2D eigenvalue weighted by Crippen LogP contribution is -2.22. The summed E-state index contributed by atoms with van der Waals surface area (Å²) in [7, 11) is 0. The molecule has 110 valence electrons. The van der Waals surface area contributed by atoms with Crippen LogP contribution in [0.3, 0.4) is 0 Å². The number of nitro groups is 1. The predicted octanol–water partition coefficient (Wildman–Crippen LogP) is 2.51. The van der Waals surface area contributed by atoms with Gasteiger partial charge >= 0.3 is 5.97 Å². The van der Waals surface area contributed by atoms with Crippen molar-refractivity contribution in [3.63, 3.8) is 0 Å². The number of carbonyl (C=O) groups is 1. The van der Waals surface area contributed by atoms with Gasteiger partial charge in [-0.1, -0.05) is 12.1 Å². The molecule has 6 nitrogen and oxygen atoms in total. The Bertz CT molecular complexity index is 488. The van der Waals surface area contributed by atoms with Crippen LogP contribution >= 0.6 is 0 Å². The molecule has 0 spiro atoms. The maximum Gasteiger partial charge on any atom is 0.307 e. The molecule has 1 aromatic rings. The van der Waals surface area contributed by atoms with Crippen LogP contribution in [0, 0.1) is 17.0 Å².